The fourth-order valence-electron chi connectivity index (χ4n) is 3.47. The number of amides is 1. The van der Waals surface area contributed by atoms with Gasteiger partial charge in [0.05, 0.1) is 30.1 Å². The number of carbonyl (C=O) groups excluding carboxylic acids is 1. The van der Waals surface area contributed by atoms with E-state index in [1.807, 2.05) is 0 Å². The molecule has 4 heterocycles. The van der Waals surface area contributed by atoms with Crippen LogP contribution in [0.25, 0.3) is 10.5 Å². The van der Waals surface area contributed by atoms with Crippen LogP contribution in [-0.2, 0) is 30.8 Å². The molecular weight excluding hydrogens is 540 g/mol. The normalized spacial score (nSPS) is 16.1. The Morgan fingerprint density at radius 2 is 2.08 bits per heavy atom. The maximum Gasteiger partial charge on any atom is 0.280 e. The predicted molar refractivity (Wildman–Crippen MR) is 137 cm³/mol. The Labute approximate surface area is 219 Å². The Kier molecular flexibility index (Phi) is 7.36. The van der Waals surface area contributed by atoms with Crippen molar-refractivity contribution >= 4 is 59.7 Å². The van der Waals surface area contributed by atoms with Gasteiger partial charge < -0.3 is 14.3 Å². The average Bonchev–Trinajstić information content (AvgIpc) is 3.68. The number of hydrogen-bond donors (Lipinski definition) is 1. The number of fused-ring (bicyclic) bond motifs is 1. The van der Waals surface area contributed by atoms with Gasteiger partial charge in [-0.05, 0) is 18.6 Å². The lowest BCUT2D eigenvalue weighted by Crippen LogP contribution is -2.25. The van der Waals surface area contributed by atoms with Crippen LogP contribution in [0.1, 0.15) is 17.0 Å². The molecule has 5 rings (SSSR count). The minimum Gasteiger partial charge on any atom is -0.480 e. The molecule has 1 N–H and O–H groups in total. The molecule has 0 spiro atoms. The van der Waals surface area contributed by atoms with E-state index < -0.39 is 21.0 Å². The second-order valence-corrected chi connectivity index (χ2v) is 11.9. The lowest BCUT2D eigenvalue weighted by atomic mass is 10.1. The highest BCUT2D eigenvalue weighted by molar-refractivity contribution is 7.92. The smallest absolute Gasteiger partial charge is 0.280 e. The van der Waals surface area contributed by atoms with Crippen molar-refractivity contribution in [1.82, 2.24) is 19.9 Å². The van der Waals surface area contributed by atoms with Gasteiger partial charge in [0.1, 0.15) is 5.01 Å². The minimum absolute atomic E-state index is 0.0668. The van der Waals surface area contributed by atoms with E-state index in [0.717, 1.165) is 11.3 Å². The number of nitrogens with one attached hydrogen (secondary N) is 1. The van der Waals surface area contributed by atoms with Crippen LogP contribution in [0.4, 0.5) is 5.13 Å². The Balaban J connectivity index is 1.40. The number of nitrogens with zero attached hydrogens (tertiary/aromatic N) is 5. The molecule has 1 atom stereocenters. The molecule has 15 heteroatoms. The second kappa shape index (κ2) is 10.8. The molecule has 1 aliphatic rings. The van der Waals surface area contributed by atoms with E-state index in [9.17, 15) is 13.2 Å². The van der Waals surface area contributed by atoms with Crippen LogP contribution >= 0.6 is 22.7 Å². The maximum atomic E-state index is 13.2. The molecule has 0 bridgehead atoms. The zero-order chi connectivity index (χ0) is 25.8. The van der Waals surface area contributed by atoms with Crippen molar-refractivity contribution in [3.8, 4) is 5.88 Å². The van der Waals surface area contributed by atoms with Gasteiger partial charge in [-0.25, -0.2) is 18.4 Å². The summed E-state index contributed by atoms with van der Waals surface area (Å²) in [4.78, 5) is 36.1. The summed E-state index contributed by atoms with van der Waals surface area (Å²) in [7, 11) is -2.07. The van der Waals surface area contributed by atoms with E-state index in [-0.39, 0.29) is 29.0 Å². The Morgan fingerprint density at radius 3 is 2.78 bits per heavy atom. The van der Waals surface area contributed by atoms with Crippen LogP contribution < -0.4 is 10.1 Å². The van der Waals surface area contributed by atoms with Gasteiger partial charge in [0.2, 0.25) is 5.88 Å². The molecule has 0 saturated carbocycles. The molecule has 12 nitrogen and oxygen atoms in total. The van der Waals surface area contributed by atoms with Crippen molar-refractivity contribution < 1.29 is 27.5 Å². The maximum absolute atomic E-state index is 13.2. The van der Waals surface area contributed by atoms with Gasteiger partial charge in [0.25, 0.3) is 5.91 Å². The van der Waals surface area contributed by atoms with Crippen LogP contribution in [0.2, 0.25) is 0 Å². The lowest BCUT2D eigenvalue weighted by Gasteiger charge is -2.11. The number of oxime groups is 1. The number of ether oxygens (including phenoxy) is 2. The third kappa shape index (κ3) is 5.58. The van der Waals surface area contributed by atoms with Gasteiger partial charge in [0, 0.05) is 23.7 Å². The van der Waals surface area contributed by atoms with E-state index in [2.05, 4.69) is 30.4 Å². The van der Waals surface area contributed by atoms with E-state index in [4.69, 9.17) is 14.3 Å². The highest BCUT2D eigenvalue weighted by Crippen LogP contribution is 2.26. The Morgan fingerprint density at radius 1 is 1.24 bits per heavy atom. The van der Waals surface area contributed by atoms with Gasteiger partial charge in [-0.3, -0.25) is 10.1 Å². The number of methoxy groups -OCH3 is 1. The largest absolute Gasteiger partial charge is 0.480 e. The summed E-state index contributed by atoms with van der Waals surface area (Å²) in [6.45, 7) is 0.651. The number of hydrogen-bond acceptors (Lipinski definition) is 13. The van der Waals surface area contributed by atoms with Crippen LogP contribution in [0.15, 0.2) is 52.1 Å². The van der Waals surface area contributed by atoms with Crippen molar-refractivity contribution in [3.05, 3.63) is 52.6 Å². The van der Waals surface area contributed by atoms with E-state index in [0.29, 0.717) is 40.0 Å². The first-order chi connectivity index (χ1) is 17.9. The topological polar surface area (TPSA) is 155 Å². The molecule has 192 valence electrons. The quantitative estimate of drug-likeness (QED) is 0.239. The number of benzene rings is 1. The predicted octanol–water partition coefficient (Wildman–Crippen LogP) is 2.67. The van der Waals surface area contributed by atoms with Crippen LogP contribution in [-0.4, -0.2) is 65.5 Å². The first-order valence-electron chi connectivity index (χ1n) is 10.9. The molecule has 1 amide bonds. The molecule has 37 heavy (non-hydrogen) atoms. The molecule has 3 aromatic heterocycles. The second-order valence-electron chi connectivity index (χ2n) is 7.71. The van der Waals surface area contributed by atoms with Crippen molar-refractivity contribution in [1.29, 1.82) is 0 Å². The number of aromatic nitrogens is 4. The fourth-order valence-corrected chi connectivity index (χ4v) is 6.36. The van der Waals surface area contributed by atoms with E-state index >= 15 is 0 Å². The highest BCUT2D eigenvalue weighted by Gasteiger charge is 2.31. The molecule has 1 saturated heterocycles. The molecule has 4 aromatic rings. The summed E-state index contributed by atoms with van der Waals surface area (Å²) in [5.41, 5.74) is 0.643. The summed E-state index contributed by atoms with van der Waals surface area (Å²) in [6.07, 6.45) is 3.52. The molecule has 0 radical (unpaired) electrons. The highest BCUT2D eigenvalue weighted by atomic mass is 32.2. The summed E-state index contributed by atoms with van der Waals surface area (Å²) in [5.74, 6) is -0.281. The van der Waals surface area contributed by atoms with Crippen LogP contribution in [0.5, 0.6) is 5.88 Å². The molecule has 1 fully saturated rings. The van der Waals surface area contributed by atoms with E-state index in [1.165, 1.54) is 48.9 Å². The molecule has 0 unspecified atom stereocenters. The number of carbonyl (C=O) groups is 1. The number of anilines is 1. The van der Waals surface area contributed by atoms with Crippen molar-refractivity contribution in [3.63, 3.8) is 0 Å². The standard InChI is InChI=1S/C22H20N6O6S3/c1-32-16-10-24-19-21(25-16)36-22(26-19)27-20(29)18(28-34-12-17-23-7-9-35-17)13-2-4-14(5-3-13)37(30,31)15-6-8-33-11-15/h2-5,7,9-10,15H,6,8,11-12H2,1H3,(H,24,26,27,29)/t15-/m0/s1. The lowest BCUT2D eigenvalue weighted by molar-refractivity contribution is -0.110. The summed E-state index contributed by atoms with van der Waals surface area (Å²) in [5, 5.41) is 8.88. The van der Waals surface area contributed by atoms with Gasteiger partial charge in [0.15, 0.2) is 37.8 Å². The first kappa shape index (κ1) is 25.1. The molecule has 0 aliphatic carbocycles. The molecular formula is C22H20N6O6S3. The van der Waals surface area contributed by atoms with E-state index in [1.54, 1.807) is 11.6 Å². The third-order valence-corrected chi connectivity index (χ3v) is 9.14. The van der Waals surface area contributed by atoms with Gasteiger partial charge in [-0.2, -0.15) is 9.97 Å². The van der Waals surface area contributed by atoms with Crippen LogP contribution in [0.3, 0.4) is 0 Å². The van der Waals surface area contributed by atoms with Crippen LogP contribution in [0, 0.1) is 0 Å². The number of thiazole rings is 2. The van der Waals surface area contributed by atoms with Crippen molar-refractivity contribution in [2.45, 2.75) is 23.2 Å². The monoisotopic (exact) mass is 560 g/mol. The number of rotatable bonds is 9. The third-order valence-electron chi connectivity index (χ3n) is 5.36. The Hall–Kier alpha value is -3.53. The summed E-state index contributed by atoms with van der Waals surface area (Å²) < 4.78 is 36.1. The zero-order valence-electron chi connectivity index (χ0n) is 19.4. The van der Waals surface area contributed by atoms with Gasteiger partial charge >= 0.3 is 0 Å². The SMILES string of the molecule is COc1cnc2nc(NC(=O)C(=NOCc3nccs3)c3ccc(S(=O)(=O)[C@H]4CCOC4)cc3)sc2n1. The van der Waals surface area contributed by atoms with Crippen molar-refractivity contribution in [2.24, 2.45) is 5.16 Å². The Bertz CT molecular complexity index is 1530. The fraction of sp³-hybridized carbons (Fsp3) is 0.273. The molecule has 1 aromatic carbocycles. The van der Waals surface area contributed by atoms with Gasteiger partial charge in [-0.15, -0.1) is 11.3 Å². The molecule has 1 aliphatic heterocycles. The summed E-state index contributed by atoms with van der Waals surface area (Å²) in [6, 6.07) is 5.93. The van der Waals surface area contributed by atoms with Crippen molar-refractivity contribution in [2.75, 3.05) is 25.6 Å². The average molecular weight is 561 g/mol. The first-order valence-corrected chi connectivity index (χ1v) is 14.2. The number of sulfone groups is 1. The minimum atomic E-state index is -3.55. The van der Waals surface area contributed by atoms with Gasteiger partial charge in [-0.1, -0.05) is 28.6 Å². The summed E-state index contributed by atoms with van der Waals surface area (Å²) >= 11 is 2.51. The zero-order valence-corrected chi connectivity index (χ0v) is 21.8.